The molecule has 0 aromatic rings. The SMILES string of the molecule is CCCNC(=O)CCNC(=O)[C@@H]1CCCN1.Cl. The molecular formula is C11H22ClN3O2. The average Bonchev–Trinajstić information content (AvgIpc) is 2.79. The van der Waals surface area contributed by atoms with Crippen LogP contribution in [0.5, 0.6) is 0 Å². The molecule has 1 rings (SSSR count). The minimum Gasteiger partial charge on any atom is -0.356 e. The van der Waals surface area contributed by atoms with Crippen LogP contribution in [0.25, 0.3) is 0 Å². The quantitative estimate of drug-likeness (QED) is 0.641. The second-order valence-electron chi connectivity index (χ2n) is 4.04. The minimum absolute atomic E-state index is 0. The fraction of sp³-hybridized carbons (Fsp3) is 0.818. The van der Waals surface area contributed by atoms with Crippen LogP contribution in [0.1, 0.15) is 32.6 Å². The molecule has 1 atom stereocenters. The molecule has 5 nitrogen and oxygen atoms in total. The normalized spacial score (nSPS) is 18.3. The summed E-state index contributed by atoms with van der Waals surface area (Å²) in [5.41, 5.74) is 0. The maximum absolute atomic E-state index is 11.5. The summed E-state index contributed by atoms with van der Waals surface area (Å²) in [6.07, 6.45) is 3.24. The first-order chi connectivity index (χ1) is 7.74. The van der Waals surface area contributed by atoms with Crippen molar-refractivity contribution in [2.75, 3.05) is 19.6 Å². The summed E-state index contributed by atoms with van der Waals surface area (Å²) < 4.78 is 0. The Hall–Kier alpha value is -0.810. The summed E-state index contributed by atoms with van der Waals surface area (Å²) in [4.78, 5) is 22.8. The molecule has 1 saturated heterocycles. The second-order valence-corrected chi connectivity index (χ2v) is 4.04. The number of nitrogens with one attached hydrogen (secondary N) is 3. The van der Waals surface area contributed by atoms with E-state index in [9.17, 15) is 9.59 Å². The van der Waals surface area contributed by atoms with Crippen molar-refractivity contribution in [2.24, 2.45) is 0 Å². The van der Waals surface area contributed by atoms with Crippen LogP contribution < -0.4 is 16.0 Å². The maximum Gasteiger partial charge on any atom is 0.237 e. The van der Waals surface area contributed by atoms with Gasteiger partial charge in [0, 0.05) is 19.5 Å². The van der Waals surface area contributed by atoms with Crippen LogP contribution in [0.4, 0.5) is 0 Å². The molecule has 1 fully saturated rings. The Labute approximate surface area is 109 Å². The van der Waals surface area contributed by atoms with Crippen molar-refractivity contribution in [1.82, 2.24) is 16.0 Å². The molecule has 0 spiro atoms. The predicted molar refractivity (Wildman–Crippen MR) is 69.2 cm³/mol. The summed E-state index contributed by atoms with van der Waals surface area (Å²) in [5.74, 6) is 0.0160. The van der Waals surface area contributed by atoms with Gasteiger partial charge in [0.05, 0.1) is 6.04 Å². The third-order valence-electron chi connectivity index (χ3n) is 2.60. The second kappa shape index (κ2) is 9.24. The van der Waals surface area contributed by atoms with Gasteiger partial charge in [-0.15, -0.1) is 12.4 Å². The summed E-state index contributed by atoms with van der Waals surface area (Å²) in [5, 5.41) is 8.66. The summed E-state index contributed by atoms with van der Waals surface area (Å²) >= 11 is 0. The van der Waals surface area contributed by atoms with Gasteiger partial charge in [-0.3, -0.25) is 9.59 Å². The molecular weight excluding hydrogens is 242 g/mol. The summed E-state index contributed by atoms with van der Waals surface area (Å²) in [6, 6.07) is -0.0568. The van der Waals surface area contributed by atoms with Crippen LogP contribution in [0.3, 0.4) is 0 Å². The molecule has 0 saturated carbocycles. The van der Waals surface area contributed by atoms with Gasteiger partial charge in [-0.2, -0.15) is 0 Å². The first-order valence-electron chi connectivity index (χ1n) is 6.02. The summed E-state index contributed by atoms with van der Waals surface area (Å²) in [7, 11) is 0. The third kappa shape index (κ3) is 6.48. The predicted octanol–water partition coefficient (Wildman–Crippen LogP) is 0.193. The molecule has 3 N–H and O–H groups in total. The molecule has 100 valence electrons. The van der Waals surface area contributed by atoms with Crippen molar-refractivity contribution in [3.8, 4) is 0 Å². The number of amides is 2. The van der Waals surface area contributed by atoms with Gasteiger partial charge >= 0.3 is 0 Å². The van der Waals surface area contributed by atoms with Gasteiger partial charge in [-0.25, -0.2) is 0 Å². The van der Waals surface area contributed by atoms with Gasteiger partial charge in [-0.05, 0) is 25.8 Å². The smallest absolute Gasteiger partial charge is 0.237 e. The molecule has 0 aromatic carbocycles. The molecule has 0 aromatic heterocycles. The topological polar surface area (TPSA) is 70.2 Å². The first kappa shape index (κ1) is 16.2. The Kier molecular flexibility index (Phi) is 8.80. The van der Waals surface area contributed by atoms with E-state index in [4.69, 9.17) is 0 Å². The van der Waals surface area contributed by atoms with E-state index in [2.05, 4.69) is 16.0 Å². The Balaban J connectivity index is 0.00000256. The van der Waals surface area contributed by atoms with Crippen molar-refractivity contribution in [2.45, 2.75) is 38.6 Å². The monoisotopic (exact) mass is 263 g/mol. The average molecular weight is 264 g/mol. The molecule has 1 aliphatic rings. The minimum atomic E-state index is -0.0568. The molecule has 2 amide bonds. The van der Waals surface area contributed by atoms with Crippen LogP contribution >= 0.6 is 12.4 Å². The largest absolute Gasteiger partial charge is 0.356 e. The number of halogens is 1. The van der Waals surface area contributed by atoms with E-state index in [0.29, 0.717) is 19.5 Å². The highest BCUT2D eigenvalue weighted by molar-refractivity contribution is 5.85. The van der Waals surface area contributed by atoms with Crippen LogP contribution in [0.2, 0.25) is 0 Å². The molecule has 17 heavy (non-hydrogen) atoms. The number of hydrogen-bond acceptors (Lipinski definition) is 3. The lowest BCUT2D eigenvalue weighted by atomic mass is 10.2. The van der Waals surface area contributed by atoms with E-state index < -0.39 is 0 Å². The van der Waals surface area contributed by atoms with E-state index >= 15 is 0 Å². The summed E-state index contributed by atoms with van der Waals surface area (Å²) in [6.45, 7) is 4.05. The van der Waals surface area contributed by atoms with Crippen molar-refractivity contribution in [3.05, 3.63) is 0 Å². The van der Waals surface area contributed by atoms with Crippen molar-refractivity contribution in [1.29, 1.82) is 0 Å². The number of carbonyl (C=O) groups excluding carboxylic acids is 2. The van der Waals surface area contributed by atoms with E-state index in [1.54, 1.807) is 0 Å². The van der Waals surface area contributed by atoms with Crippen molar-refractivity contribution >= 4 is 24.2 Å². The Bertz CT molecular complexity index is 243. The highest BCUT2D eigenvalue weighted by Crippen LogP contribution is 2.04. The van der Waals surface area contributed by atoms with Gasteiger partial charge in [0.1, 0.15) is 0 Å². The molecule has 0 bridgehead atoms. The van der Waals surface area contributed by atoms with Gasteiger partial charge < -0.3 is 16.0 Å². The van der Waals surface area contributed by atoms with E-state index in [1.807, 2.05) is 6.92 Å². The molecule has 0 unspecified atom stereocenters. The van der Waals surface area contributed by atoms with Crippen LogP contribution in [0, 0.1) is 0 Å². The van der Waals surface area contributed by atoms with Gasteiger partial charge in [-0.1, -0.05) is 6.92 Å². The van der Waals surface area contributed by atoms with Gasteiger partial charge in [0.25, 0.3) is 0 Å². The Morgan fingerprint density at radius 3 is 2.65 bits per heavy atom. The molecule has 0 aliphatic carbocycles. The first-order valence-corrected chi connectivity index (χ1v) is 6.02. The highest BCUT2D eigenvalue weighted by atomic mass is 35.5. The lowest BCUT2D eigenvalue weighted by molar-refractivity contribution is -0.123. The lowest BCUT2D eigenvalue weighted by Gasteiger charge is -2.10. The van der Waals surface area contributed by atoms with E-state index in [0.717, 1.165) is 25.8 Å². The van der Waals surface area contributed by atoms with Crippen molar-refractivity contribution in [3.63, 3.8) is 0 Å². The Morgan fingerprint density at radius 2 is 2.06 bits per heavy atom. The van der Waals surface area contributed by atoms with E-state index in [1.165, 1.54) is 0 Å². The van der Waals surface area contributed by atoms with Crippen LogP contribution in [0.15, 0.2) is 0 Å². The molecule has 1 heterocycles. The number of rotatable bonds is 6. The molecule has 1 aliphatic heterocycles. The van der Waals surface area contributed by atoms with Crippen LogP contribution in [-0.4, -0.2) is 37.5 Å². The van der Waals surface area contributed by atoms with Crippen LogP contribution in [-0.2, 0) is 9.59 Å². The van der Waals surface area contributed by atoms with Gasteiger partial charge in [0.2, 0.25) is 11.8 Å². The lowest BCUT2D eigenvalue weighted by Crippen LogP contribution is -2.41. The molecule has 6 heteroatoms. The highest BCUT2D eigenvalue weighted by Gasteiger charge is 2.21. The standard InChI is InChI=1S/C11H21N3O2.ClH/c1-2-6-13-10(15)5-8-14-11(16)9-4-3-7-12-9;/h9,12H,2-8H2,1H3,(H,13,15)(H,14,16);1H/t9-;/m0./s1. The fourth-order valence-corrected chi connectivity index (χ4v) is 1.68. The number of carbonyl (C=O) groups is 2. The Morgan fingerprint density at radius 1 is 1.29 bits per heavy atom. The zero-order valence-corrected chi connectivity index (χ0v) is 11.1. The number of hydrogen-bond donors (Lipinski definition) is 3. The van der Waals surface area contributed by atoms with Crippen molar-refractivity contribution < 1.29 is 9.59 Å². The van der Waals surface area contributed by atoms with Gasteiger partial charge in [0.15, 0.2) is 0 Å². The van der Waals surface area contributed by atoms with E-state index in [-0.39, 0.29) is 30.3 Å². The third-order valence-corrected chi connectivity index (χ3v) is 2.60. The fourth-order valence-electron chi connectivity index (χ4n) is 1.68. The maximum atomic E-state index is 11.5. The zero-order chi connectivity index (χ0) is 11.8. The molecule has 0 radical (unpaired) electrons. The zero-order valence-electron chi connectivity index (χ0n) is 10.3.